The Morgan fingerprint density at radius 3 is 2.39 bits per heavy atom. The molecule has 0 aliphatic carbocycles. The summed E-state index contributed by atoms with van der Waals surface area (Å²) in [6, 6.07) is 16.5. The Kier molecular flexibility index (Phi) is 6.24. The molecule has 3 N–H and O–H groups in total. The van der Waals surface area contributed by atoms with Crippen molar-refractivity contribution in [3.63, 3.8) is 0 Å². The monoisotopic (exact) mass is 395 g/mol. The lowest BCUT2D eigenvalue weighted by molar-refractivity contribution is -0.116. The van der Waals surface area contributed by atoms with E-state index in [9.17, 15) is 14.7 Å². The van der Waals surface area contributed by atoms with Crippen molar-refractivity contribution in [2.45, 2.75) is 12.8 Å². The van der Waals surface area contributed by atoms with Crippen molar-refractivity contribution in [1.82, 2.24) is 4.98 Å². The second kappa shape index (κ2) is 9.01. The number of amides is 1. The normalized spacial score (nSPS) is 10.3. The Hall–Kier alpha value is -3.38. The number of nitrogens with zero attached hydrogens (tertiary/aromatic N) is 1. The van der Waals surface area contributed by atoms with E-state index < -0.39 is 0 Å². The van der Waals surface area contributed by atoms with Crippen molar-refractivity contribution in [3.05, 3.63) is 77.4 Å². The number of pyridine rings is 1. The number of carbonyl (C=O) groups excluding carboxylic acids is 2. The van der Waals surface area contributed by atoms with Gasteiger partial charge in [0.25, 0.3) is 0 Å². The number of ketones is 1. The summed E-state index contributed by atoms with van der Waals surface area (Å²) in [5.41, 5.74) is 1.73. The third-order valence-corrected chi connectivity index (χ3v) is 4.21. The van der Waals surface area contributed by atoms with Crippen molar-refractivity contribution in [1.29, 1.82) is 0 Å². The van der Waals surface area contributed by atoms with Gasteiger partial charge < -0.3 is 15.7 Å². The number of carbonyl (C=O) groups is 2. The summed E-state index contributed by atoms with van der Waals surface area (Å²) in [4.78, 5) is 28.7. The van der Waals surface area contributed by atoms with E-state index in [1.54, 1.807) is 66.9 Å². The number of aromatic hydroxyl groups is 1. The average Bonchev–Trinajstić information content (AvgIpc) is 2.70. The van der Waals surface area contributed by atoms with E-state index in [0.717, 1.165) is 0 Å². The predicted octanol–water partition coefficient (Wildman–Crippen LogP) is 4.79. The first-order valence-corrected chi connectivity index (χ1v) is 8.99. The molecule has 0 unspecified atom stereocenters. The van der Waals surface area contributed by atoms with Crippen LogP contribution in [-0.2, 0) is 4.79 Å². The van der Waals surface area contributed by atoms with Gasteiger partial charge in [-0.3, -0.25) is 9.59 Å². The lowest BCUT2D eigenvalue weighted by Crippen LogP contribution is -2.15. The minimum absolute atomic E-state index is 0.0506. The molecule has 0 aliphatic heterocycles. The van der Waals surface area contributed by atoms with Crippen LogP contribution in [0.25, 0.3) is 0 Å². The number of benzene rings is 2. The molecule has 0 atom stereocenters. The molecule has 0 fully saturated rings. The van der Waals surface area contributed by atoms with Crippen LogP contribution in [0.15, 0.2) is 66.9 Å². The molecule has 0 radical (unpaired) electrons. The summed E-state index contributed by atoms with van der Waals surface area (Å²) in [5, 5.41) is 15.8. The van der Waals surface area contributed by atoms with Crippen LogP contribution in [0, 0.1) is 0 Å². The first-order chi connectivity index (χ1) is 13.5. The molecule has 6 nitrogen and oxygen atoms in total. The number of aromatic nitrogens is 1. The van der Waals surface area contributed by atoms with Crippen LogP contribution in [0.4, 0.5) is 17.2 Å². The SMILES string of the molecule is O=C(CCC(=O)c1ccc(Cl)cc1)Nc1cccnc1Nc1ccc(O)cc1. The molecular formula is C21H18ClN3O3. The predicted molar refractivity (Wildman–Crippen MR) is 109 cm³/mol. The van der Waals surface area contributed by atoms with Gasteiger partial charge in [-0.2, -0.15) is 0 Å². The van der Waals surface area contributed by atoms with E-state index in [0.29, 0.717) is 27.8 Å². The van der Waals surface area contributed by atoms with Gasteiger partial charge in [-0.1, -0.05) is 11.6 Å². The molecule has 1 heterocycles. The van der Waals surface area contributed by atoms with Crippen molar-refractivity contribution in [2.24, 2.45) is 0 Å². The number of phenolic OH excluding ortho intramolecular Hbond substituents is 1. The van der Waals surface area contributed by atoms with Crippen molar-refractivity contribution in [3.8, 4) is 5.75 Å². The van der Waals surface area contributed by atoms with Crippen molar-refractivity contribution < 1.29 is 14.7 Å². The van der Waals surface area contributed by atoms with Gasteiger partial charge in [-0.25, -0.2) is 4.98 Å². The zero-order valence-corrected chi connectivity index (χ0v) is 15.6. The number of halogens is 1. The van der Waals surface area contributed by atoms with Crippen LogP contribution >= 0.6 is 11.6 Å². The first kappa shape index (κ1) is 19.4. The zero-order chi connectivity index (χ0) is 19.9. The topological polar surface area (TPSA) is 91.3 Å². The molecule has 0 aliphatic rings. The van der Waals surface area contributed by atoms with Gasteiger partial charge in [0.2, 0.25) is 5.91 Å². The third-order valence-electron chi connectivity index (χ3n) is 3.96. The van der Waals surface area contributed by atoms with Gasteiger partial charge in [0.05, 0.1) is 5.69 Å². The first-order valence-electron chi connectivity index (χ1n) is 8.61. The second-order valence-electron chi connectivity index (χ2n) is 6.05. The molecule has 3 aromatic rings. The Bertz CT molecular complexity index is 973. The van der Waals surface area contributed by atoms with E-state index in [4.69, 9.17) is 11.6 Å². The Morgan fingerprint density at radius 2 is 1.68 bits per heavy atom. The number of anilines is 3. The second-order valence-corrected chi connectivity index (χ2v) is 6.49. The summed E-state index contributed by atoms with van der Waals surface area (Å²) in [6.07, 6.45) is 1.74. The highest BCUT2D eigenvalue weighted by molar-refractivity contribution is 6.30. The van der Waals surface area contributed by atoms with Crippen LogP contribution in [0.3, 0.4) is 0 Å². The number of hydrogen-bond donors (Lipinski definition) is 3. The third kappa shape index (κ3) is 5.31. The fourth-order valence-corrected chi connectivity index (χ4v) is 2.63. The summed E-state index contributed by atoms with van der Waals surface area (Å²) in [5.74, 6) is 0.209. The lowest BCUT2D eigenvalue weighted by atomic mass is 10.1. The van der Waals surface area contributed by atoms with E-state index in [1.807, 2.05) is 0 Å². The fraction of sp³-hybridized carbons (Fsp3) is 0.0952. The molecule has 3 rings (SSSR count). The van der Waals surface area contributed by atoms with Crippen LogP contribution < -0.4 is 10.6 Å². The number of phenols is 1. The van der Waals surface area contributed by atoms with Gasteiger partial charge in [0.1, 0.15) is 5.75 Å². The molecule has 7 heteroatoms. The smallest absolute Gasteiger partial charge is 0.224 e. The summed E-state index contributed by atoms with van der Waals surface area (Å²) in [7, 11) is 0. The maximum Gasteiger partial charge on any atom is 0.224 e. The minimum atomic E-state index is -0.288. The lowest BCUT2D eigenvalue weighted by Gasteiger charge is -2.12. The van der Waals surface area contributed by atoms with Crippen molar-refractivity contribution in [2.75, 3.05) is 10.6 Å². The average molecular weight is 396 g/mol. The van der Waals surface area contributed by atoms with Gasteiger partial charge >= 0.3 is 0 Å². The van der Waals surface area contributed by atoms with Gasteiger partial charge in [0.15, 0.2) is 11.6 Å². The molecule has 142 valence electrons. The molecule has 1 aromatic heterocycles. The number of Topliss-reactive ketones (excluding diaryl/α,β-unsaturated/α-hetero) is 1. The molecular weight excluding hydrogens is 378 g/mol. The molecule has 1 amide bonds. The molecule has 2 aromatic carbocycles. The quantitative estimate of drug-likeness (QED) is 0.395. The Morgan fingerprint density at radius 1 is 0.964 bits per heavy atom. The number of rotatable bonds is 7. The van der Waals surface area contributed by atoms with Crippen LogP contribution in [0.1, 0.15) is 23.2 Å². The Balaban J connectivity index is 1.60. The largest absolute Gasteiger partial charge is 0.508 e. The van der Waals surface area contributed by atoms with Crippen LogP contribution in [-0.4, -0.2) is 21.8 Å². The highest BCUT2D eigenvalue weighted by atomic mass is 35.5. The standard InChI is InChI=1S/C21H18ClN3O3/c22-15-5-3-14(4-6-15)19(27)11-12-20(28)25-18-2-1-13-23-21(18)24-16-7-9-17(26)10-8-16/h1-10,13,26H,11-12H2,(H,23,24)(H,25,28). The van der Waals surface area contributed by atoms with Gasteiger partial charge in [-0.05, 0) is 60.7 Å². The zero-order valence-electron chi connectivity index (χ0n) is 14.9. The highest BCUT2D eigenvalue weighted by Crippen LogP contribution is 2.24. The van der Waals surface area contributed by atoms with E-state index in [-0.39, 0.29) is 30.3 Å². The Labute approximate surface area is 167 Å². The summed E-state index contributed by atoms with van der Waals surface area (Å²) in [6.45, 7) is 0. The van der Waals surface area contributed by atoms with Gasteiger partial charge in [0, 0.05) is 35.3 Å². The molecule has 0 bridgehead atoms. The van der Waals surface area contributed by atoms with E-state index in [2.05, 4.69) is 15.6 Å². The maximum atomic E-state index is 12.3. The van der Waals surface area contributed by atoms with E-state index >= 15 is 0 Å². The van der Waals surface area contributed by atoms with Crippen LogP contribution in [0.2, 0.25) is 5.02 Å². The summed E-state index contributed by atoms with van der Waals surface area (Å²) >= 11 is 5.82. The number of hydrogen-bond acceptors (Lipinski definition) is 5. The van der Waals surface area contributed by atoms with Crippen molar-refractivity contribution >= 4 is 40.5 Å². The minimum Gasteiger partial charge on any atom is -0.508 e. The maximum absolute atomic E-state index is 12.3. The number of nitrogens with one attached hydrogen (secondary N) is 2. The molecule has 0 spiro atoms. The highest BCUT2D eigenvalue weighted by Gasteiger charge is 2.12. The molecule has 0 saturated carbocycles. The van der Waals surface area contributed by atoms with Gasteiger partial charge in [-0.15, -0.1) is 0 Å². The van der Waals surface area contributed by atoms with Crippen LogP contribution in [0.5, 0.6) is 5.75 Å². The molecule has 0 saturated heterocycles. The summed E-state index contributed by atoms with van der Waals surface area (Å²) < 4.78 is 0. The van der Waals surface area contributed by atoms with E-state index in [1.165, 1.54) is 0 Å². The fourth-order valence-electron chi connectivity index (χ4n) is 2.51. The molecule has 28 heavy (non-hydrogen) atoms.